The number of nitrogens with zero attached hydrogens (tertiary/aromatic N) is 4. The largest absolute Gasteiger partial charge is 0.465 e. The lowest BCUT2D eigenvalue weighted by Crippen LogP contribution is -2.37. The highest BCUT2D eigenvalue weighted by atomic mass is 16.5. The van der Waals surface area contributed by atoms with Gasteiger partial charge in [0.25, 0.3) is 5.56 Å². The van der Waals surface area contributed by atoms with Gasteiger partial charge in [0.15, 0.2) is 11.2 Å². The Kier molecular flexibility index (Phi) is 5.62. The number of hydrogen-bond donors (Lipinski definition) is 0. The second kappa shape index (κ2) is 7.94. The van der Waals surface area contributed by atoms with Crippen molar-refractivity contribution in [2.75, 3.05) is 6.61 Å². The number of carbonyl (C=O) groups excluding carboxylic acids is 1. The van der Waals surface area contributed by atoms with E-state index >= 15 is 0 Å². The van der Waals surface area contributed by atoms with Gasteiger partial charge in [-0.3, -0.25) is 18.7 Å². The highest BCUT2D eigenvalue weighted by Gasteiger charge is 2.20. The van der Waals surface area contributed by atoms with Gasteiger partial charge in [0.2, 0.25) is 0 Å². The zero-order valence-corrected chi connectivity index (χ0v) is 16.1. The number of allylic oxidation sites excluding steroid dienone is 2. The van der Waals surface area contributed by atoms with Crippen LogP contribution in [0.2, 0.25) is 0 Å². The van der Waals surface area contributed by atoms with E-state index in [0.717, 1.165) is 17.4 Å². The topological polar surface area (TPSA) is 88.1 Å². The summed E-state index contributed by atoms with van der Waals surface area (Å²) >= 11 is 0. The molecule has 2 heterocycles. The number of ether oxygens (including phenoxy) is 1. The Hall–Kier alpha value is -2.64. The lowest BCUT2D eigenvalue weighted by Gasteiger charge is -2.24. The average Bonchev–Trinajstić information content (AvgIpc) is 3.08. The third-order valence-electron chi connectivity index (χ3n) is 5.37. The summed E-state index contributed by atoms with van der Waals surface area (Å²) in [6.45, 7) is 3.10. The summed E-state index contributed by atoms with van der Waals surface area (Å²) in [5.74, 6) is 0.699. The Balaban J connectivity index is 1.58. The van der Waals surface area contributed by atoms with Crippen LogP contribution in [0.3, 0.4) is 0 Å². The molecule has 0 radical (unpaired) electrons. The van der Waals surface area contributed by atoms with Gasteiger partial charge < -0.3 is 9.30 Å². The summed E-state index contributed by atoms with van der Waals surface area (Å²) in [6, 6.07) is 0. The Morgan fingerprint density at radius 1 is 1.22 bits per heavy atom. The van der Waals surface area contributed by atoms with Gasteiger partial charge in [0.1, 0.15) is 0 Å². The van der Waals surface area contributed by atoms with Crippen LogP contribution in [0.15, 0.2) is 28.1 Å². The quantitative estimate of drug-likeness (QED) is 0.563. The number of imidazole rings is 1. The minimum absolute atomic E-state index is 0.221. The summed E-state index contributed by atoms with van der Waals surface area (Å²) in [5, 5.41) is 0. The van der Waals surface area contributed by atoms with Crippen molar-refractivity contribution in [1.82, 2.24) is 18.7 Å². The van der Waals surface area contributed by atoms with Crippen molar-refractivity contribution < 1.29 is 9.53 Å². The molecule has 2 aromatic rings. The van der Waals surface area contributed by atoms with Gasteiger partial charge >= 0.3 is 11.7 Å². The first-order valence-electron chi connectivity index (χ1n) is 9.31. The van der Waals surface area contributed by atoms with Crippen molar-refractivity contribution >= 4 is 17.1 Å². The van der Waals surface area contributed by atoms with Crippen LogP contribution in [0.25, 0.3) is 11.2 Å². The number of esters is 1. The molecule has 0 N–H and O–H groups in total. The average molecular weight is 374 g/mol. The summed E-state index contributed by atoms with van der Waals surface area (Å²) in [6.07, 6.45) is 8.67. The van der Waals surface area contributed by atoms with Crippen LogP contribution >= 0.6 is 0 Å². The molecule has 2 aromatic heterocycles. The number of hydrogen-bond acceptors (Lipinski definition) is 5. The number of fused-ring (bicyclic) bond motifs is 1. The predicted molar refractivity (Wildman–Crippen MR) is 101 cm³/mol. The first-order chi connectivity index (χ1) is 12.9. The maximum Gasteiger partial charge on any atom is 0.332 e. The fraction of sp³-hybridized carbons (Fsp3) is 0.579. The molecule has 0 spiro atoms. The molecule has 0 bridgehead atoms. The van der Waals surface area contributed by atoms with Crippen LogP contribution < -0.4 is 11.2 Å². The van der Waals surface area contributed by atoms with Crippen molar-refractivity contribution in [3.8, 4) is 0 Å². The smallest absolute Gasteiger partial charge is 0.332 e. The van der Waals surface area contributed by atoms with E-state index in [1.807, 2.05) is 0 Å². The zero-order valence-electron chi connectivity index (χ0n) is 16.1. The summed E-state index contributed by atoms with van der Waals surface area (Å²) in [7, 11) is 3.03. The highest BCUT2D eigenvalue weighted by molar-refractivity contribution is 5.70. The van der Waals surface area contributed by atoms with Crippen LogP contribution in [-0.2, 0) is 30.2 Å². The molecule has 3 rings (SSSR count). The molecular formula is C19H26N4O4. The van der Waals surface area contributed by atoms with Crippen molar-refractivity contribution in [1.29, 1.82) is 0 Å². The lowest BCUT2D eigenvalue weighted by molar-refractivity contribution is -0.145. The first kappa shape index (κ1) is 19.1. The zero-order chi connectivity index (χ0) is 19.6. The molecule has 0 saturated carbocycles. The molecular weight excluding hydrogens is 348 g/mol. The molecule has 8 nitrogen and oxygen atoms in total. The fourth-order valence-electron chi connectivity index (χ4n) is 3.47. The van der Waals surface area contributed by atoms with Gasteiger partial charge in [-0.1, -0.05) is 19.1 Å². The number of aryl methyl sites for hydroxylation is 2. The van der Waals surface area contributed by atoms with E-state index in [0.29, 0.717) is 42.6 Å². The first-order valence-corrected chi connectivity index (χ1v) is 9.31. The van der Waals surface area contributed by atoms with Crippen molar-refractivity contribution in [2.24, 2.45) is 25.9 Å². The summed E-state index contributed by atoms with van der Waals surface area (Å²) in [5.41, 5.74) is -0.0681. The predicted octanol–water partition coefficient (Wildman–Crippen LogP) is 1.36. The van der Waals surface area contributed by atoms with Crippen LogP contribution in [-0.4, -0.2) is 31.3 Å². The molecule has 27 heavy (non-hydrogen) atoms. The maximum absolute atomic E-state index is 12.4. The molecule has 1 aliphatic carbocycles. The van der Waals surface area contributed by atoms with Crippen molar-refractivity contribution in [3.05, 3.63) is 39.3 Å². The SMILES string of the molecule is CC1CC=CCC1COC(=O)CCCn1cnc2c1c(=O)n(C)c(=O)n2C. The lowest BCUT2D eigenvalue weighted by atomic mass is 9.85. The van der Waals surface area contributed by atoms with Gasteiger partial charge in [-0.05, 0) is 31.1 Å². The molecule has 0 fully saturated rings. The molecule has 0 aliphatic heterocycles. The third-order valence-corrected chi connectivity index (χ3v) is 5.37. The Morgan fingerprint density at radius 2 is 1.96 bits per heavy atom. The number of carbonyl (C=O) groups is 1. The van der Waals surface area contributed by atoms with Gasteiger partial charge in [0, 0.05) is 27.1 Å². The number of aromatic nitrogens is 4. The van der Waals surface area contributed by atoms with Crippen molar-refractivity contribution in [3.63, 3.8) is 0 Å². The molecule has 0 aromatic carbocycles. The van der Waals surface area contributed by atoms with E-state index < -0.39 is 5.69 Å². The fourth-order valence-corrected chi connectivity index (χ4v) is 3.47. The number of rotatable bonds is 6. The van der Waals surface area contributed by atoms with E-state index in [-0.39, 0.29) is 17.9 Å². The summed E-state index contributed by atoms with van der Waals surface area (Å²) < 4.78 is 9.53. The van der Waals surface area contributed by atoms with Crippen molar-refractivity contribution in [2.45, 2.75) is 39.2 Å². The van der Waals surface area contributed by atoms with Crippen LogP contribution in [0.4, 0.5) is 0 Å². The summed E-state index contributed by atoms with van der Waals surface area (Å²) in [4.78, 5) is 40.5. The van der Waals surface area contributed by atoms with Gasteiger partial charge in [-0.25, -0.2) is 9.78 Å². The molecule has 0 saturated heterocycles. The third kappa shape index (κ3) is 3.89. The maximum atomic E-state index is 12.4. The normalized spacial score (nSPS) is 19.5. The van der Waals surface area contributed by atoms with Gasteiger partial charge in [0.05, 0.1) is 12.9 Å². The second-order valence-electron chi connectivity index (χ2n) is 7.28. The Morgan fingerprint density at radius 3 is 2.70 bits per heavy atom. The van der Waals surface area contributed by atoms with E-state index in [1.54, 1.807) is 11.6 Å². The van der Waals surface area contributed by atoms with E-state index in [1.165, 1.54) is 17.9 Å². The molecule has 0 amide bonds. The van der Waals surface area contributed by atoms with Gasteiger partial charge in [-0.2, -0.15) is 0 Å². The molecule has 1 aliphatic rings. The second-order valence-corrected chi connectivity index (χ2v) is 7.28. The van der Waals surface area contributed by atoms with E-state index in [4.69, 9.17) is 4.74 Å². The van der Waals surface area contributed by atoms with Crippen LogP contribution in [0.5, 0.6) is 0 Å². The highest BCUT2D eigenvalue weighted by Crippen LogP contribution is 2.25. The standard InChI is InChI=1S/C19H26N4O4/c1-13-7-4-5-8-14(13)11-27-15(24)9-6-10-23-12-20-17-16(23)18(25)22(3)19(26)21(17)2/h4-5,12-14H,6-11H2,1-3H3. The molecule has 2 atom stereocenters. The van der Waals surface area contributed by atoms with Crippen LogP contribution in [0.1, 0.15) is 32.6 Å². The molecule has 8 heteroatoms. The minimum atomic E-state index is -0.409. The molecule has 146 valence electrons. The Bertz CT molecular complexity index is 982. The minimum Gasteiger partial charge on any atom is -0.465 e. The Labute approximate surface area is 157 Å². The van der Waals surface area contributed by atoms with E-state index in [2.05, 4.69) is 24.1 Å². The molecule has 2 unspecified atom stereocenters. The van der Waals surface area contributed by atoms with Gasteiger partial charge in [-0.15, -0.1) is 0 Å². The van der Waals surface area contributed by atoms with Crippen LogP contribution in [0, 0.1) is 11.8 Å². The van der Waals surface area contributed by atoms with E-state index in [9.17, 15) is 14.4 Å². The monoisotopic (exact) mass is 374 g/mol.